The first kappa shape index (κ1) is 11.1. The molecule has 0 spiro atoms. The van der Waals surface area contributed by atoms with Crippen molar-refractivity contribution in [1.82, 2.24) is 4.98 Å². The van der Waals surface area contributed by atoms with Gasteiger partial charge in [0.2, 0.25) is 0 Å². The third-order valence-corrected chi connectivity index (χ3v) is 4.28. The summed E-state index contributed by atoms with van der Waals surface area (Å²) < 4.78 is 0.708. The van der Waals surface area contributed by atoms with Crippen LogP contribution in [0.25, 0.3) is 0 Å². The second-order valence-corrected chi connectivity index (χ2v) is 5.93. The Morgan fingerprint density at radius 2 is 2.33 bits per heavy atom. The molecule has 15 heavy (non-hydrogen) atoms. The number of aryl methyl sites for hydroxylation is 1. The molecule has 2 rings (SSSR count). The number of nitrogens with zero attached hydrogens (tertiary/aromatic N) is 1. The fourth-order valence-corrected chi connectivity index (χ4v) is 3.13. The van der Waals surface area contributed by atoms with E-state index in [0.717, 1.165) is 15.6 Å². The van der Waals surface area contributed by atoms with Crippen molar-refractivity contribution in [1.29, 1.82) is 0 Å². The SMILES string of the molecule is Cc1csc(CC(O)c2ccc(Cl)s2)n1. The standard InChI is InChI=1S/C10H10ClNOS2/c1-6-5-14-10(12-6)4-7(13)8-2-3-9(11)15-8/h2-3,5,7,13H,4H2,1H3. The molecule has 1 unspecified atom stereocenters. The molecule has 0 saturated carbocycles. The number of aliphatic hydroxyl groups is 1. The number of aromatic nitrogens is 1. The Labute approximate surface area is 101 Å². The van der Waals surface area contributed by atoms with Crippen LogP contribution in [-0.2, 0) is 6.42 Å². The zero-order chi connectivity index (χ0) is 10.8. The quantitative estimate of drug-likeness (QED) is 0.916. The van der Waals surface area contributed by atoms with Crippen LogP contribution in [0.1, 0.15) is 21.7 Å². The summed E-state index contributed by atoms with van der Waals surface area (Å²) in [6.07, 6.45) is 0.0723. The van der Waals surface area contributed by atoms with Gasteiger partial charge in [-0.25, -0.2) is 4.98 Å². The number of hydrogen-bond donors (Lipinski definition) is 1. The smallest absolute Gasteiger partial charge is 0.0957 e. The summed E-state index contributed by atoms with van der Waals surface area (Å²) in [5, 5.41) is 12.9. The molecule has 5 heteroatoms. The number of thiazole rings is 1. The van der Waals surface area contributed by atoms with Gasteiger partial charge < -0.3 is 5.11 Å². The van der Waals surface area contributed by atoms with Gasteiger partial charge in [-0.15, -0.1) is 22.7 Å². The van der Waals surface area contributed by atoms with Crippen molar-refractivity contribution in [3.8, 4) is 0 Å². The van der Waals surface area contributed by atoms with E-state index >= 15 is 0 Å². The Balaban J connectivity index is 2.06. The predicted molar refractivity (Wildman–Crippen MR) is 64.8 cm³/mol. The summed E-state index contributed by atoms with van der Waals surface area (Å²) in [6, 6.07) is 3.66. The van der Waals surface area contributed by atoms with E-state index in [1.54, 1.807) is 17.4 Å². The largest absolute Gasteiger partial charge is 0.387 e. The first-order valence-electron chi connectivity index (χ1n) is 4.49. The molecule has 1 atom stereocenters. The highest BCUT2D eigenvalue weighted by Crippen LogP contribution is 2.29. The Bertz CT molecular complexity index is 452. The van der Waals surface area contributed by atoms with Gasteiger partial charge in [-0.3, -0.25) is 0 Å². The van der Waals surface area contributed by atoms with Gasteiger partial charge in [0.1, 0.15) is 0 Å². The minimum absolute atomic E-state index is 0.493. The van der Waals surface area contributed by atoms with Crippen LogP contribution in [0.2, 0.25) is 4.34 Å². The Hall–Kier alpha value is -0.420. The highest BCUT2D eigenvalue weighted by Gasteiger charge is 2.12. The maximum atomic E-state index is 9.91. The Morgan fingerprint density at radius 3 is 2.87 bits per heavy atom. The molecule has 0 bridgehead atoms. The molecule has 1 N–H and O–H groups in total. The van der Waals surface area contributed by atoms with E-state index in [4.69, 9.17) is 11.6 Å². The number of aliphatic hydroxyl groups excluding tert-OH is 1. The van der Waals surface area contributed by atoms with Crippen LogP contribution in [0.3, 0.4) is 0 Å². The van der Waals surface area contributed by atoms with Crippen LogP contribution in [0, 0.1) is 6.92 Å². The van der Waals surface area contributed by atoms with Gasteiger partial charge in [-0.2, -0.15) is 0 Å². The number of rotatable bonds is 3. The molecule has 0 fully saturated rings. The summed E-state index contributed by atoms with van der Waals surface area (Å²) in [5.41, 5.74) is 1.01. The molecule has 0 aliphatic rings. The van der Waals surface area contributed by atoms with Crippen LogP contribution in [-0.4, -0.2) is 10.1 Å². The minimum atomic E-state index is -0.493. The molecule has 0 aliphatic heterocycles. The molecule has 2 aromatic heterocycles. The molecule has 0 saturated heterocycles. The van der Waals surface area contributed by atoms with E-state index in [2.05, 4.69) is 4.98 Å². The molecule has 2 heterocycles. The lowest BCUT2D eigenvalue weighted by Crippen LogP contribution is -1.98. The summed E-state index contributed by atoms with van der Waals surface area (Å²) in [7, 11) is 0. The summed E-state index contributed by atoms with van der Waals surface area (Å²) in [4.78, 5) is 5.21. The molecule has 2 nitrogen and oxygen atoms in total. The van der Waals surface area contributed by atoms with Gasteiger partial charge in [0.05, 0.1) is 15.4 Å². The van der Waals surface area contributed by atoms with Crippen molar-refractivity contribution in [2.45, 2.75) is 19.4 Å². The maximum Gasteiger partial charge on any atom is 0.0957 e. The summed E-state index contributed by atoms with van der Waals surface area (Å²) >= 11 is 8.80. The number of halogens is 1. The van der Waals surface area contributed by atoms with Gasteiger partial charge >= 0.3 is 0 Å². The fraction of sp³-hybridized carbons (Fsp3) is 0.300. The first-order chi connectivity index (χ1) is 7.15. The normalized spacial score (nSPS) is 13.0. The van der Waals surface area contributed by atoms with Gasteiger partial charge in [-0.1, -0.05) is 11.6 Å². The molecular formula is C10H10ClNOS2. The van der Waals surface area contributed by atoms with E-state index in [0.29, 0.717) is 10.8 Å². The Morgan fingerprint density at radius 1 is 1.53 bits per heavy atom. The van der Waals surface area contributed by atoms with Crippen molar-refractivity contribution in [3.05, 3.63) is 37.4 Å². The third-order valence-electron chi connectivity index (χ3n) is 1.96. The van der Waals surface area contributed by atoms with Crippen molar-refractivity contribution in [2.24, 2.45) is 0 Å². The van der Waals surface area contributed by atoms with Crippen molar-refractivity contribution >= 4 is 34.3 Å². The van der Waals surface area contributed by atoms with Crippen LogP contribution >= 0.6 is 34.3 Å². The Kier molecular flexibility index (Phi) is 3.41. The number of hydrogen-bond acceptors (Lipinski definition) is 4. The van der Waals surface area contributed by atoms with Crippen LogP contribution in [0.4, 0.5) is 0 Å². The minimum Gasteiger partial charge on any atom is -0.387 e. The highest BCUT2D eigenvalue weighted by molar-refractivity contribution is 7.16. The molecule has 2 aromatic rings. The van der Waals surface area contributed by atoms with Crippen molar-refractivity contribution < 1.29 is 5.11 Å². The average molecular weight is 260 g/mol. The van der Waals surface area contributed by atoms with Gasteiger partial charge in [-0.05, 0) is 19.1 Å². The molecule has 80 valence electrons. The van der Waals surface area contributed by atoms with Gasteiger partial charge in [0.15, 0.2) is 0 Å². The van der Waals surface area contributed by atoms with Crippen molar-refractivity contribution in [2.75, 3.05) is 0 Å². The topological polar surface area (TPSA) is 33.1 Å². The van der Waals surface area contributed by atoms with Gasteiger partial charge in [0, 0.05) is 22.4 Å². The van der Waals surface area contributed by atoms with Crippen LogP contribution in [0.15, 0.2) is 17.5 Å². The lowest BCUT2D eigenvalue weighted by atomic mass is 10.2. The monoisotopic (exact) mass is 259 g/mol. The molecule has 0 amide bonds. The molecular weight excluding hydrogens is 250 g/mol. The molecule has 0 aromatic carbocycles. The van der Waals surface area contributed by atoms with E-state index in [1.165, 1.54) is 11.3 Å². The average Bonchev–Trinajstić information content (AvgIpc) is 2.75. The van der Waals surface area contributed by atoms with Crippen molar-refractivity contribution in [3.63, 3.8) is 0 Å². The first-order valence-corrected chi connectivity index (χ1v) is 6.57. The fourth-order valence-electron chi connectivity index (χ4n) is 1.27. The summed E-state index contributed by atoms with van der Waals surface area (Å²) in [5.74, 6) is 0. The molecule has 0 radical (unpaired) electrons. The zero-order valence-corrected chi connectivity index (χ0v) is 10.5. The third kappa shape index (κ3) is 2.78. The van der Waals surface area contributed by atoms with Crippen LogP contribution < -0.4 is 0 Å². The number of thiophene rings is 1. The van der Waals surface area contributed by atoms with E-state index in [-0.39, 0.29) is 0 Å². The summed E-state index contributed by atoms with van der Waals surface area (Å²) in [6.45, 7) is 1.95. The molecule has 0 aliphatic carbocycles. The second kappa shape index (κ2) is 4.61. The lowest BCUT2D eigenvalue weighted by molar-refractivity contribution is 0.182. The lowest BCUT2D eigenvalue weighted by Gasteiger charge is -2.04. The predicted octanol–water partition coefficient (Wildman–Crippen LogP) is 3.44. The van der Waals surface area contributed by atoms with E-state index in [1.807, 2.05) is 18.4 Å². The van der Waals surface area contributed by atoms with Gasteiger partial charge in [0.25, 0.3) is 0 Å². The maximum absolute atomic E-state index is 9.91. The zero-order valence-electron chi connectivity index (χ0n) is 8.11. The van der Waals surface area contributed by atoms with E-state index < -0.39 is 6.10 Å². The second-order valence-electron chi connectivity index (χ2n) is 3.24. The van der Waals surface area contributed by atoms with Crippen LogP contribution in [0.5, 0.6) is 0 Å². The van der Waals surface area contributed by atoms with E-state index in [9.17, 15) is 5.11 Å². The highest BCUT2D eigenvalue weighted by atomic mass is 35.5.